The van der Waals surface area contributed by atoms with Crippen LogP contribution in [0.15, 0.2) is 12.7 Å². The van der Waals surface area contributed by atoms with E-state index in [0.29, 0.717) is 12.3 Å². The van der Waals surface area contributed by atoms with Gasteiger partial charge in [-0.1, -0.05) is 19.4 Å². The number of alkyl carbamates (subject to hydrolysis) is 1. The largest absolute Gasteiger partial charge is 0.462 e. The maximum atomic E-state index is 12.0. The second-order valence-corrected chi connectivity index (χ2v) is 7.95. The van der Waals surface area contributed by atoms with E-state index in [1.807, 2.05) is 26.8 Å². The van der Waals surface area contributed by atoms with Crippen LogP contribution < -0.4 is 5.32 Å². The van der Waals surface area contributed by atoms with Crippen molar-refractivity contribution in [2.24, 2.45) is 5.92 Å². The number of ether oxygens (including phenoxy) is 2. The number of carbonyl (C=O) groups is 2. The van der Waals surface area contributed by atoms with Crippen LogP contribution in [0.1, 0.15) is 79.1 Å². The zero-order chi connectivity index (χ0) is 18.9. The maximum Gasteiger partial charge on any atom is 0.407 e. The molecule has 1 unspecified atom stereocenters. The van der Waals surface area contributed by atoms with Gasteiger partial charge in [0.05, 0.1) is 0 Å². The topological polar surface area (TPSA) is 64.6 Å². The molecule has 1 rings (SSSR count). The third-order valence-electron chi connectivity index (χ3n) is 4.53. The van der Waals surface area contributed by atoms with Crippen LogP contribution in [0.4, 0.5) is 4.79 Å². The number of allylic oxidation sites excluding steroid dienone is 1. The van der Waals surface area contributed by atoms with Crippen LogP contribution >= 0.6 is 0 Å². The summed E-state index contributed by atoms with van der Waals surface area (Å²) in [5, 5.41) is 2.90. The molecule has 0 bridgehead atoms. The van der Waals surface area contributed by atoms with Crippen molar-refractivity contribution in [1.29, 1.82) is 0 Å². The van der Waals surface area contributed by atoms with Crippen LogP contribution in [0.3, 0.4) is 0 Å². The SMILES string of the molecule is C=CCC(CC)CCC(=O)OC1CCC(NC(=O)OC(C)(C)C)CC1. The van der Waals surface area contributed by atoms with Gasteiger partial charge in [0.15, 0.2) is 0 Å². The summed E-state index contributed by atoms with van der Waals surface area (Å²) >= 11 is 0. The minimum atomic E-state index is -0.487. The molecule has 144 valence electrons. The van der Waals surface area contributed by atoms with Crippen molar-refractivity contribution in [3.8, 4) is 0 Å². The van der Waals surface area contributed by atoms with Crippen molar-refractivity contribution >= 4 is 12.1 Å². The van der Waals surface area contributed by atoms with Crippen molar-refractivity contribution in [1.82, 2.24) is 5.32 Å². The molecule has 1 amide bonds. The van der Waals surface area contributed by atoms with Crippen LogP contribution in [0.5, 0.6) is 0 Å². The Kier molecular flexibility index (Phi) is 9.01. The minimum Gasteiger partial charge on any atom is -0.462 e. The summed E-state index contributed by atoms with van der Waals surface area (Å²) in [7, 11) is 0. The Labute approximate surface area is 152 Å². The zero-order valence-electron chi connectivity index (χ0n) is 16.3. The van der Waals surface area contributed by atoms with Crippen molar-refractivity contribution < 1.29 is 19.1 Å². The summed E-state index contributed by atoms with van der Waals surface area (Å²) in [4.78, 5) is 23.8. The van der Waals surface area contributed by atoms with E-state index in [0.717, 1.165) is 44.9 Å². The fraction of sp³-hybridized carbons (Fsp3) is 0.800. The highest BCUT2D eigenvalue weighted by Crippen LogP contribution is 2.23. The highest BCUT2D eigenvalue weighted by atomic mass is 16.6. The molecule has 5 heteroatoms. The Morgan fingerprint density at radius 1 is 1.24 bits per heavy atom. The van der Waals surface area contributed by atoms with Crippen molar-refractivity contribution in [2.75, 3.05) is 0 Å². The van der Waals surface area contributed by atoms with Gasteiger partial charge in [-0.3, -0.25) is 4.79 Å². The van der Waals surface area contributed by atoms with Crippen LogP contribution in [0, 0.1) is 5.92 Å². The normalized spacial score (nSPS) is 21.9. The first-order valence-electron chi connectivity index (χ1n) is 9.53. The van der Waals surface area contributed by atoms with Gasteiger partial charge < -0.3 is 14.8 Å². The molecule has 0 heterocycles. The van der Waals surface area contributed by atoms with Gasteiger partial charge in [0.25, 0.3) is 0 Å². The summed E-state index contributed by atoms with van der Waals surface area (Å²) < 4.78 is 10.9. The van der Waals surface area contributed by atoms with Gasteiger partial charge in [-0.15, -0.1) is 6.58 Å². The van der Waals surface area contributed by atoms with E-state index in [9.17, 15) is 9.59 Å². The third kappa shape index (κ3) is 9.51. The highest BCUT2D eigenvalue weighted by Gasteiger charge is 2.26. The molecule has 1 atom stereocenters. The minimum absolute atomic E-state index is 0.0244. The number of amides is 1. The van der Waals surface area contributed by atoms with E-state index >= 15 is 0 Å². The Balaban J connectivity index is 2.24. The molecule has 1 fully saturated rings. The lowest BCUT2D eigenvalue weighted by Gasteiger charge is -2.30. The van der Waals surface area contributed by atoms with Gasteiger partial charge in [-0.05, 0) is 65.2 Å². The summed E-state index contributed by atoms with van der Waals surface area (Å²) in [5.74, 6) is 0.407. The standard InChI is InChI=1S/C20H35NO4/c1-6-8-15(7-2)9-14-18(22)24-17-12-10-16(11-13-17)21-19(23)25-20(3,4)5/h6,15-17H,1,7-14H2,2-5H3,(H,21,23). The van der Waals surface area contributed by atoms with E-state index in [1.54, 1.807) is 0 Å². The summed E-state index contributed by atoms with van der Waals surface area (Å²) in [6.45, 7) is 11.4. The fourth-order valence-corrected chi connectivity index (χ4v) is 3.09. The number of carbonyl (C=O) groups excluding carboxylic acids is 2. The lowest BCUT2D eigenvalue weighted by molar-refractivity contribution is -0.151. The molecule has 0 aromatic rings. The molecule has 25 heavy (non-hydrogen) atoms. The number of hydrogen-bond donors (Lipinski definition) is 1. The Morgan fingerprint density at radius 3 is 2.40 bits per heavy atom. The second kappa shape index (κ2) is 10.5. The number of hydrogen-bond acceptors (Lipinski definition) is 4. The third-order valence-corrected chi connectivity index (χ3v) is 4.53. The second-order valence-electron chi connectivity index (χ2n) is 7.95. The van der Waals surface area contributed by atoms with Gasteiger partial charge in [-0.2, -0.15) is 0 Å². The van der Waals surface area contributed by atoms with Gasteiger partial charge in [0, 0.05) is 12.5 Å². The van der Waals surface area contributed by atoms with Crippen molar-refractivity contribution in [3.05, 3.63) is 12.7 Å². The molecule has 0 aromatic heterocycles. The first-order chi connectivity index (χ1) is 11.7. The first kappa shape index (κ1) is 21.5. The summed E-state index contributed by atoms with van der Waals surface area (Å²) in [6.07, 6.45) is 8.05. The highest BCUT2D eigenvalue weighted by molar-refractivity contribution is 5.69. The monoisotopic (exact) mass is 353 g/mol. The maximum absolute atomic E-state index is 12.0. The lowest BCUT2D eigenvalue weighted by Crippen LogP contribution is -2.42. The van der Waals surface area contributed by atoms with E-state index < -0.39 is 5.60 Å². The molecule has 0 aliphatic heterocycles. The molecule has 0 radical (unpaired) electrons. The fourth-order valence-electron chi connectivity index (χ4n) is 3.09. The molecule has 0 aromatic carbocycles. The average molecular weight is 354 g/mol. The molecule has 1 saturated carbocycles. The predicted octanol–water partition coefficient (Wildman–Crippen LogP) is 4.75. The van der Waals surface area contributed by atoms with Crippen molar-refractivity contribution in [2.45, 2.75) is 96.8 Å². The number of esters is 1. The Morgan fingerprint density at radius 2 is 1.88 bits per heavy atom. The van der Waals surface area contributed by atoms with Gasteiger partial charge in [0.1, 0.15) is 11.7 Å². The summed E-state index contributed by atoms with van der Waals surface area (Å²) in [6, 6.07) is 0.0989. The van der Waals surface area contributed by atoms with Gasteiger partial charge in [-0.25, -0.2) is 4.79 Å². The van der Waals surface area contributed by atoms with Gasteiger partial charge in [0.2, 0.25) is 0 Å². The molecule has 1 N–H and O–H groups in total. The Hall–Kier alpha value is -1.52. The van der Waals surface area contributed by atoms with E-state index in [1.165, 1.54) is 0 Å². The van der Waals surface area contributed by atoms with Crippen LogP contribution in [-0.2, 0) is 14.3 Å². The number of rotatable bonds is 8. The zero-order valence-corrected chi connectivity index (χ0v) is 16.3. The quantitative estimate of drug-likeness (QED) is 0.505. The first-order valence-corrected chi connectivity index (χ1v) is 9.53. The van der Waals surface area contributed by atoms with Crippen LogP contribution in [0.2, 0.25) is 0 Å². The molecular weight excluding hydrogens is 318 g/mol. The van der Waals surface area contributed by atoms with E-state index in [-0.39, 0.29) is 24.2 Å². The Bertz CT molecular complexity index is 433. The molecule has 0 saturated heterocycles. The number of nitrogens with one attached hydrogen (secondary N) is 1. The predicted molar refractivity (Wildman–Crippen MR) is 99.3 cm³/mol. The molecule has 0 spiro atoms. The summed E-state index contributed by atoms with van der Waals surface area (Å²) in [5.41, 5.74) is -0.487. The van der Waals surface area contributed by atoms with Gasteiger partial charge >= 0.3 is 12.1 Å². The molecule has 1 aliphatic carbocycles. The molecule has 5 nitrogen and oxygen atoms in total. The van der Waals surface area contributed by atoms with Crippen LogP contribution in [-0.4, -0.2) is 29.8 Å². The van der Waals surface area contributed by atoms with Crippen molar-refractivity contribution in [3.63, 3.8) is 0 Å². The lowest BCUT2D eigenvalue weighted by atomic mass is 9.93. The molecule has 1 aliphatic rings. The van der Waals surface area contributed by atoms with E-state index in [4.69, 9.17) is 9.47 Å². The van der Waals surface area contributed by atoms with Crippen LogP contribution in [0.25, 0.3) is 0 Å². The average Bonchev–Trinajstić information content (AvgIpc) is 2.51. The van der Waals surface area contributed by atoms with E-state index in [2.05, 4.69) is 18.8 Å². The smallest absolute Gasteiger partial charge is 0.407 e. The molecular formula is C20H35NO4.